The van der Waals surface area contributed by atoms with Crippen LogP contribution in [0.4, 0.5) is 37.6 Å². The van der Waals surface area contributed by atoms with Gasteiger partial charge in [0.25, 0.3) is 0 Å². The summed E-state index contributed by atoms with van der Waals surface area (Å²) in [6, 6.07) is 8.76. The van der Waals surface area contributed by atoms with Gasteiger partial charge in [-0.2, -0.15) is 0 Å². The second kappa shape index (κ2) is 6.22. The number of rotatable bonds is 4. The summed E-state index contributed by atoms with van der Waals surface area (Å²) in [6.45, 7) is 0. The normalized spacial score (nSPS) is 10.3. The Balaban J connectivity index is 1.86. The molecule has 4 N–H and O–H groups in total. The van der Waals surface area contributed by atoms with Crippen LogP contribution in [0.3, 0.4) is 0 Å². The molecule has 0 radical (unpaired) electrons. The molecule has 0 atom stereocenters. The van der Waals surface area contributed by atoms with Gasteiger partial charge in [-0.15, -0.1) is 0 Å². The third kappa shape index (κ3) is 3.31. The van der Waals surface area contributed by atoms with Gasteiger partial charge in [-0.05, 0) is 24.3 Å². The molecule has 1 aromatic carbocycles. The molecule has 0 amide bonds. The van der Waals surface area contributed by atoms with Crippen LogP contribution in [0.15, 0.2) is 48.9 Å². The summed E-state index contributed by atoms with van der Waals surface area (Å²) in [5, 5.41) is 5.78. The summed E-state index contributed by atoms with van der Waals surface area (Å²) < 4.78 is 26.2. The number of nitrogen functional groups attached to an aromatic ring is 1. The van der Waals surface area contributed by atoms with Crippen LogP contribution in [0.2, 0.25) is 0 Å². The first-order valence-corrected chi connectivity index (χ1v) is 6.64. The minimum atomic E-state index is -0.963. The average molecular weight is 314 g/mol. The van der Waals surface area contributed by atoms with Crippen LogP contribution in [0.25, 0.3) is 0 Å². The Hall–Kier alpha value is -3.29. The average Bonchev–Trinajstić information content (AvgIpc) is 2.56. The predicted octanol–water partition coefficient (Wildman–Crippen LogP) is 3.22. The molecule has 0 unspecified atom stereocenters. The summed E-state index contributed by atoms with van der Waals surface area (Å²) in [5.41, 5.74) is 6.54. The number of nitrogens with zero attached hydrogens (tertiary/aromatic N) is 3. The van der Waals surface area contributed by atoms with E-state index in [-0.39, 0.29) is 11.5 Å². The first-order valence-electron chi connectivity index (χ1n) is 6.64. The van der Waals surface area contributed by atoms with Gasteiger partial charge < -0.3 is 16.4 Å². The fraction of sp³-hybridized carbons (Fsp3) is 0. The van der Waals surface area contributed by atoms with E-state index in [0.29, 0.717) is 17.3 Å². The van der Waals surface area contributed by atoms with Crippen molar-refractivity contribution in [1.29, 1.82) is 0 Å². The van der Waals surface area contributed by atoms with Gasteiger partial charge in [0.2, 0.25) is 0 Å². The number of anilines is 5. The van der Waals surface area contributed by atoms with Crippen molar-refractivity contribution < 1.29 is 8.78 Å². The van der Waals surface area contributed by atoms with Crippen molar-refractivity contribution >= 4 is 28.8 Å². The lowest BCUT2D eigenvalue weighted by Crippen LogP contribution is -2.06. The number of benzene rings is 1. The van der Waals surface area contributed by atoms with Crippen molar-refractivity contribution in [2.24, 2.45) is 0 Å². The number of nitrogens with one attached hydrogen (secondary N) is 2. The topological polar surface area (TPSA) is 88.8 Å². The zero-order chi connectivity index (χ0) is 16.2. The summed E-state index contributed by atoms with van der Waals surface area (Å²) in [6.07, 6.45) is 2.92. The Labute approximate surface area is 130 Å². The van der Waals surface area contributed by atoms with Crippen LogP contribution in [0.1, 0.15) is 0 Å². The first-order chi connectivity index (χ1) is 11.1. The number of nitrogens with two attached hydrogens (primary N) is 1. The largest absolute Gasteiger partial charge is 0.393 e. The quantitative estimate of drug-likeness (QED) is 0.685. The second-order valence-electron chi connectivity index (χ2n) is 4.58. The molecular formula is C15H12F2N6. The molecule has 0 aliphatic heterocycles. The van der Waals surface area contributed by atoms with E-state index in [1.165, 1.54) is 12.4 Å². The van der Waals surface area contributed by atoms with Crippen molar-refractivity contribution in [2.75, 3.05) is 16.4 Å². The van der Waals surface area contributed by atoms with E-state index < -0.39 is 11.6 Å². The van der Waals surface area contributed by atoms with Crippen molar-refractivity contribution in [3.8, 4) is 0 Å². The van der Waals surface area contributed by atoms with Crippen molar-refractivity contribution in [1.82, 2.24) is 15.0 Å². The molecule has 0 saturated heterocycles. The fourth-order valence-electron chi connectivity index (χ4n) is 1.86. The van der Waals surface area contributed by atoms with Gasteiger partial charge in [-0.25, -0.2) is 23.7 Å². The van der Waals surface area contributed by atoms with E-state index in [9.17, 15) is 8.78 Å². The molecule has 0 spiro atoms. The van der Waals surface area contributed by atoms with Crippen LogP contribution in [0, 0.1) is 11.6 Å². The van der Waals surface area contributed by atoms with Gasteiger partial charge in [-0.3, -0.25) is 0 Å². The van der Waals surface area contributed by atoms with E-state index in [1.807, 2.05) is 6.07 Å². The predicted molar refractivity (Wildman–Crippen MR) is 83.6 cm³/mol. The Kier molecular flexibility index (Phi) is 3.96. The summed E-state index contributed by atoms with van der Waals surface area (Å²) >= 11 is 0. The Morgan fingerprint density at radius 1 is 0.870 bits per heavy atom. The first kappa shape index (κ1) is 14.6. The molecule has 8 heteroatoms. The van der Waals surface area contributed by atoms with Gasteiger partial charge in [0.05, 0.1) is 0 Å². The van der Waals surface area contributed by atoms with E-state index in [2.05, 4.69) is 25.6 Å². The van der Waals surface area contributed by atoms with E-state index in [0.717, 1.165) is 12.1 Å². The molecule has 0 bridgehead atoms. The standard InChI is InChI=1S/C15H12F2N6/c16-10-5-4-9(7-11(10)17)22-14-13(18)15(21-8-20-14)23-12-3-1-2-6-19-12/h1-8H,18H2,(H2,19,20,21,22,23). The number of pyridine rings is 1. The molecule has 23 heavy (non-hydrogen) atoms. The number of hydrogen-bond donors (Lipinski definition) is 3. The Bertz CT molecular complexity index is 825. The molecule has 3 aromatic rings. The number of aromatic nitrogens is 3. The Morgan fingerprint density at radius 3 is 2.35 bits per heavy atom. The van der Waals surface area contributed by atoms with Crippen molar-refractivity contribution in [3.63, 3.8) is 0 Å². The maximum atomic E-state index is 13.2. The van der Waals surface area contributed by atoms with Crippen LogP contribution in [0.5, 0.6) is 0 Å². The van der Waals surface area contributed by atoms with Crippen LogP contribution < -0.4 is 16.4 Å². The summed E-state index contributed by atoms with van der Waals surface area (Å²) in [4.78, 5) is 12.2. The molecule has 116 valence electrons. The lowest BCUT2D eigenvalue weighted by Gasteiger charge is -2.12. The minimum Gasteiger partial charge on any atom is -0.393 e. The van der Waals surface area contributed by atoms with Gasteiger partial charge in [0, 0.05) is 18.0 Å². The highest BCUT2D eigenvalue weighted by Crippen LogP contribution is 2.27. The third-order valence-corrected chi connectivity index (χ3v) is 2.98. The molecule has 6 nitrogen and oxygen atoms in total. The van der Waals surface area contributed by atoms with E-state index in [4.69, 9.17) is 5.73 Å². The molecule has 0 aliphatic rings. The monoisotopic (exact) mass is 314 g/mol. The van der Waals surface area contributed by atoms with Gasteiger partial charge >= 0.3 is 0 Å². The molecular weight excluding hydrogens is 302 g/mol. The van der Waals surface area contributed by atoms with Crippen molar-refractivity contribution in [2.45, 2.75) is 0 Å². The van der Waals surface area contributed by atoms with Crippen LogP contribution >= 0.6 is 0 Å². The SMILES string of the molecule is Nc1c(Nc2ccc(F)c(F)c2)ncnc1Nc1ccccn1. The maximum absolute atomic E-state index is 13.2. The third-order valence-electron chi connectivity index (χ3n) is 2.98. The van der Waals surface area contributed by atoms with Gasteiger partial charge in [0.1, 0.15) is 17.8 Å². The maximum Gasteiger partial charge on any atom is 0.160 e. The molecule has 3 rings (SSSR count). The Morgan fingerprint density at radius 2 is 1.65 bits per heavy atom. The molecule has 2 heterocycles. The smallest absolute Gasteiger partial charge is 0.160 e. The molecule has 0 saturated carbocycles. The molecule has 0 fully saturated rings. The van der Waals surface area contributed by atoms with Crippen molar-refractivity contribution in [3.05, 3.63) is 60.6 Å². The lowest BCUT2D eigenvalue weighted by molar-refractivity contribution is 0.509. The number of halogens is 2. The number of hydrogen-bond acceptors (Lipinski definition) is 6. The fourth-order valence-corrected chi connectivity index (χ4v) is 1.86. The van der Waals surface area contributed by atoms with E-state index in [1.54, 1.807) is 18.3 Å². The highest BCUT2D eigenvalue weighted by atomic mass is 19.2. The highest BCUT2D eigenvalue weighted by Gasteiger charge is 2.10. The minimum absolute atomic E-state index is 0.225. The molecule has 0 aliphatic carbocycles. The van der Waals surface area contributed by atoms with E-state index >= 15 is 0 Å². The van der Waals surface area contributed by atoms with Gasteiger partial charge in [-0.1, -0.05) is 6.07 Å². The second-order valence-corrected chi connectivity index (χ2v) is 4.58. The van der Waals surface area contributed by atoms with Crippen LogP contribution in [-0.4, -0.2) is 15.0 Å². The zero-order valence-corrected chi connectivity index (χ0v) is 11.8. The summed E-state index contributed by atoms with van der Waals surface area (Å²) in [7, 11) is 0. The summed E-state index contributed by atoms with van der Waals surface area (Å²) in [5.74, 6) is -0.705. The zero-order valence-electron chi connectivity index (χ0n) is 11.8. The lowest BCUT2D eigenvalue weighted by atomic mass is 10.3. The molecule has 2 aromatic heterocycles. The van der Waals surface area contributed by atoms with Crippen LogP contribution in [-0.2, 0) is 0 Å². The van der Waals surface area contributed by atoms with Gasteiger partial charge in [0.15, 0.2) is 23.3 Å². The highest BCUT2D eigenvalue weighted by molar-refractivity contribution is 5.79.